The second-order valence-corrected chi connectivity index (χ2v) is 16.8. The molecule has 0 spiro atoms. The Kier molecular flexibility index (Phi) is 15.1. The number of nitrogens with zero attached hydrogens (tertiary/aromatic N) is 6. The number of hydrogen-bond donors (Lipinski definition) is 1. The van der Waals surface area contributed by atoms with Crippen LogP contribution in [0, 0.1) is 23.4 Å². The summed E-state index contributed by atoms with van der Waals surface area (Å²) in [5.74, 6) is -3.50. The van der Waals surface area contributed by atoms with Gasteiger partial charge in [0.15, 0.2) is 0 Å². The Morgan fingerprint density at radius 2 is 1.41 bits per heavy atom. The number of aromatic amines is 1. The van der Waals surface area contributed by atoms with Gasteiger partial charge in [0.1, 0.15) is 23.0 Å². The molecule has 3 fully saturated rings. The van der Waals surface area contributed by atoms with Gasteiger partial charge in [0.25, 0.3) is 17.4 Å². The van der Waals surface area contributed by atoms with E-state index in [2.05, 4.69) is 20.0 Å². The van der Waals surface area contributed by atoms with Crippen molar-refractivity contribution in [2.75, 3.05) is 78.5 Å². The standard InChI is InChI=1S/C48H54F5N7O4/c1-3-6-37-36(4-2)46(62)55-54-42(37)25-33-9-10-39(49)38(24-33)47(63)60-21-19-58(20-22-60)44(61)30-57-17-15-56(16-18-57)29-31-11-13-59(14-12-31)48(64)45-40(50)27-35(28-41(45)51)34-8-5-7-32(23-34)26-43(52)53/h4-10,23-24,27-28,31,43H,3,11-22,25-26,29-30H2,1-2H3,(H,55,62)/b36-4+,37-6+. The topological polar surface area (TPSA) is 113 Å². The third-order valence-electron chi connectivity index (χ3n) is 12.5. The summed E-state index contributed by atoms with van der Waals surface area (Å²) in [7, 11) is 0. The average Bonchev–Trinajstić information content (AvgIpc) is 3.28. The van der Waals surface area contributed by atoms with Crippen LogP contribution < -0.4 is 16.0 Å². The molecule has 4 aromatic rings. The number of aromatic nitrogens is 2. The molecule has 1 N–H and O–H groups in total. The van der Waals surface area contributed by atoms with Crippen LogP contribution >= 0.6 is 0 Å². The van der Waals surface area contributed by atoms with E-state index in [0.717, 1.165) is 37.0 Å². The van der Waals surface area contributed by atoms with E-state index in [9.17, 15) is 28.0 Å². The molecule has 4 heterocycles. The predicted molar refractivity (Wildman–Crippen MR) is 234 cm³/mol. The molecule has 0 bridgehead atoms. The predicted octanol–water partition coefficient (Wildman–Crippen LogP) is 4.70. The molecular formula is C48H54F5N7O4. The van der Waals surface area contributed by atoms with Crippen LogP contribution in [0.25, 0.3) is 23.3 Å². The van der Waals surface area contributed by atoms with Gasteiger partial charge >= 0.3 is 0 Å². The third kappa shape index (κ3) is 10.9. The van der Waals surface area contributed by atoms with Gasteiger partial charge in [0, 0.05) is 95.3 Å². The number of rotatable bonds is 12. The second kappa shape index (κ2) is 20.8. The minimum absolute atomic E-state index is 0.0240. The number of halogens is 5. The van der Waals surface area contributed by atoms with Crippen molar-refractivity contribution < 1.29 is 36.3 Å². The first kappa shape index (κ1) is 46.3. The highest BCUT2D eigenvalue weighted by Gasteiger charge is 2.31. The van der Waals surface area contributed by atoms with E-state index in [0.29, 0.717) is 98.5 Å². The van der Waals surface area contributed by atoms with Crippen molar-refractivity contribution in [2.24, 2.45) is 5.92 Å². The second-order valence-electron chi connectivity index (χ2n) is 16.8. The van der Waals surface area contributed by atoms with Crippen molar-refractivity contribution >= 4 is 29.9 Å². The lowest BCUT2D eigenvalue weighted by molar-refractivity contribution is -0.134. The van der Waals surface area contributed by atoms with Gasteiger partial charge in [-0.15, -0.1) is 0 Å². The Hall–Kier alpha value is -5.74. The largest absolute Gasteiger partial charge is 0.338 e. The minimum atomic E-state index is -2.55. The van der Waals surface area contributed by atoms with Crippen molar-refractivity contribution in [3.8, 4) is 11.1 Å². The number of amides is 3. The number of piperidine rings is 1. The van der Waals surface area contributed by atoms with Crippen LogP contribution in [-0.4, -0.2) is 137 Å². The Balaban J connectivity index is 0.839. The molecular weight excluding hydrogens is 834 g/mol. The van der Waals surface area contributed by atoms with Crippen LogP contribution in [0.15, 0.2) is 59.4 Å². The van der Waals surface area contributed by atoms with Crippen LogP contribution in [-0.2, 0) is 17.6 Å². The van der Waals surface area contributed by atoms with Gasteiger partial charge in [-0.25, -0.2) is 27.1 Å². The zero-order chi connectivity index (χ0) is 45.5. The summed E-state index contributed by atoms with van der Waals surface area (Å²) in [6.07, 6.45) is 2.98. The molecule has 1 aromatic heterocycles. The molecule has 3 saturated heterocycles. The van der Waals surface area contributed by atoms with Gasteiger partial charge in [0.2, 0.25) is 12.3 Å². The van der Waals surface area contributed by atoms with Gasteiger partial charge in [-0.05, 0) is 78.6 Å². The van der Waals surface area contributed by atoms with Crippen molar-refractivity contribution in [2.45, 2.75) is 52.4 Å². The average molecular weight is 888 g/mol. The van der Waals surface area contributed by atoms with Crippen molar-refractivity contribution in [3.05, 3.63) is 121 Å². The van der Waals surface area contributed by atoms with Crippen LogP contribution in [0.2, 0.25) is 0 Å². The number of alkyl halides is 2. The van der Waals surface area contributed by atoms with E-state index < -0.39 is 47.7 Å². The summed E-state index contributed by atoms with van der Waals surface area (Å²) in [6, 6.07) is 12.7. The Morgan fingerprint density at radius 3 is 2.06 bits per heavy atom. The van der Waals surface area contributed by atoms with Crippen molar-refractivity contribution in [1.29, 1.82) is 0 Å². The molecule has 7 rings (SSSR count). The summed E-state index contributed by atoms with van der Waals surface area (Å²) in [4.78, 5) is 61.8. The highest BCUT2D eigenvalue weighted by atomic mass is 19.3. The fourth-order valence-corrected chi connectivity index (χ4v) is 9.00. The van der Waals surface area contributed by atoms with Gasteiger partial charge in [-0.2, -0.15) is 5.10 Å². The number of carbonyl (C=O) groups is 3. The molecule has 3 aliphatic heterocycles. The van der Waals surface area contributed by atoms with Crippen molar-refractivity contribution in [1.82, 2.24) is 34.7 Å². The van der Waals surface area contributed by atoms with E-state index in [1.807, 2.05) is 13.0 Å². The van der Waals surface area contributed by atoms with E-state index in [4.69, 9.17) is 0 Å². The first-order valence-electron chi connectivity index (χ1n) is 22.0. The summed E-state index contributed by atoms with van der Waals surface area (Å²) in [5, 5.41) is 8.02. The van der Waals surface area contributed by atoms with Gasteiger partial charge in [0.05, 0.1) is 17.8 Å². The highest BCUT2D eigenvalue weighted by Crippen LogP contribution is 2.28. The van der Waals surface area contributed by atoms with E-state index >= 15 is 13.2 Å². The lowest BCUT2D eigenvalue weighted by Crippen LogP contribution is -2.55. The number of nitrogens with one attached hydrogen (secondary N) is 1. The van der Waals surface area contributed by atoms with E-state index in [1.165, 1.54) is 29.2 Å². The van der Waals surface area contributed by atoms with Gasteiger partial charge in [-0.1, -0.05) is 49.4 Å². The first-order valence-corrected chi connectivity index (χ1v) is 22.0. The zero-order valence-electron chi connectivity index (χ0n) is 36.2. The fraction of sp³-hybridized carbons (Fsp3) is 0.438. The maximum absolute atomic E-state index is 15.3. The first-order chi connectivity index (χ1) is 30.8. The van der Waals surface area contributed by atoms with E-state index in [1.54, 1.807) is 41.0 Å². The molecule has 3 aromatic carbocycles. The number of piperazine rings is 2. The lowest BCUT2D eigenvalue weighted by atomic mass is 9.95. The maximum Gasteiger partial charge on any atom is 0.271 e. The summed E-state index contributed by atoms with van der Waals surface area (Å²) < 4.78 is 71.4. The molecule has 0 radical (unpaired) electrons. The minimum Gasteiger partial charge on any atom is -0.338 e. The molecule has 11 nitrogen and oxygen atoms in total. The normalized spacial score (nSPS) is 17.5. The SMILES string of the molecule is C/C=c1/c(=O)[nH]nc(Cc2ccc(F)c(C(=O)N3CCN(C(=O)CN4CCN(CC5CCN(C(=O)c6c(F)cc(-c7cccc(CC(F)F)c7)cc6F)CC5)CC4)CC3)c2)/c1=C/CC. The molecule has 64 heavy (non-hydrogen) atoms. The van der Waals surface area contributed by atoms with Gasteiger partial charge in [-0.3, -0.25) is 24.1 Å². The van der Waals surface area contributed by atoms with Crippen LogP contribution in [0.3, 0.4) is 0 Å². The molecule has 0 aliphatic carbocycles. The number of benzene rings is 3. The zero-order valence-corrected chi connectivity index (χ0v) is 36.2. The third-order valence-corrected chi connectivity index (χ3v) is 12.5. The molecule has 3 aliphatic rings. The van der Waals surface area contributed by atoms with Crippen LogP contribution in [0.5, 0.6) is 0 Å². The highest BCUT2D eigenvalue weighted by molar-refractivity contribution is 5.96. The van der Waals surface area contributed by atoms with Crippen LogP contribution in [0.1, 0.15) is 70.6 Å². The summed E-state index contributed by atoms with van der Waals surface area (Å²) >= 11 is 0. The Bertz CT molecular complexity index is 2510. The van der Waals surface area contributed by atoms with Crippen molar-refractivity contribution in [3.63, 3.8) is 0 Å². The fourth-order valence-electron chi connectivity index (χ4n) is 9.00. The number of H-pyrrole nitrogens is 1. The molecule has 340 valence electrons. The molecule has 0 atom stereocenters. The van der Waals surface area contributed by atoms with Gasteiger partial charge < -0.3 is 19.6 Å². The molecule has 0 unspecified atom stereocenters. The Labute approximate surface area is 368 Å². The quantitative estimate of drug-likeness (QED) is 0.206. The number of carbonyl (C=O) groups excluding carboxylic acids is 3. The molecule has 16 heteroatoms. The summed E-state index contributed by atoms with van der Waals surface area (Å²) in [5.41, 5.74) is 1.24. The Morgan fingerprint density at radius 1 is 0.750 bits per heavy atom. The maximum atomic E-state index is 15.3. The smallest absolute Gasteiger partial charge is 0.271 e. The number of likely N-dealkylation sites (tertiary alicyclic amines) is 1. The van der Waals surface area contributed by atoms with E-state index in [-0.39, 0.29) is 42.2 Å². The summed E-state index contributed by atoms with van der Waals surface area (Å²) in [6.45, 7) is 9.70. The van der Waals surface area contributed by atoms with Crippen LogP contribution in [0.4, 0.5) is 22.0 Å². The molecule has 0 saturated carbocycles. The number of hydrogen-bond acceptors (Lipinski definition) is 7. The molecule has 3 amide bonds. The lowest BCUT2D eigenvalue weighted by Gasteiger charge is -2.40. The monoisotopic (exact) mass is 887 g/mol.